The van der Waals surface area contributed by atoms with Crippen LogP contribution in [-0.2, 0) is 4.79 Å². The number of benzene rings is 3. The summed E-state index contributed by atoms with van der Waals surface area (Å²) in [7, 11) is 4.01. The first-order valence-electron chi connectivity index (χ1n) is 11.4. The summed E-state index contributed by atoms with van der Waals surface area (Å²) in [5, 5.41) is 18.3. The fraction of sp³-hybridized carbons (Fsp3) is 0.296. The van der Waals surface area contributed by atoms with E-state index in [1.54, 1.807) is 6.07 Å². The van der Waals surface area contributed by atoms with Crippen LogP contribution in [0.15, 0.2) is 59.7 Å². The summed E-state index contributed by atoms with van der Waals surface area (Å²) in [6.45, 7) is 5.51. The minimum Gasteiger partial charge on any atom is -0.506 e. The van der Waals surface area contributed by atoms with Gasteiger partial charge in [-0.1, -0.05) is 49.7 Å². The Bertz CT molecular complexity index is 1270. The molecule has 190 valence electrons. The number of rotatable bonds is 10. The van der Waals surface area contributed by atoms with Gasteiger partial charge in [0.25, 0.3) is 11.8 Å². The van der Waals surface area contributed by atoms with Gasteiger partial charge in [-0.05, 0) is 55.2 Å². The molecule has 0 spiro atoms. The molecule has 0 aliphatic rings. The lowest BCUT2D eigenvalue weighted by molar-refractivity contribution is -0.123. The topological polar surface area (TPSA) is 103 Å². The summed E-state index contributed by atoms with van der Waals surface area (Å²) in [4.78, 5) is 26.8. The summed E-state index contributed by atoms with van der Waals surface area (Å²) in [5.41, 5.74) is 3.43. The Morgan fingerprint density at radius 2 is 1.83 bits per heavy atom. The smallest absolute Gasteiger partial charge is 0.271 e. The Labute approximate surface area is 215 Å². The molecule has 0 aliphatic heterocycles. The van der Waals surface area contributed by atoms with Gasteiger partial charge in [-0.25, -0.2) is 5.43 Å². The summed E-state index contributed by atoms with van der Waals surface area (Å²) in [5.74, 6) is -0.171. The van der Waals surface area contributed by atoms with Gasteiger partial charge < -0.3 is 20.1 Å². The molecule has 0 bridgehead atoms. The highest BCUT2D eigenvalue weighted by Crippen LogP contribution is 2.28. The van der Waals surface area contributed by atoms with Gasteiger partial charge >= 0.3 is 0 Å². The van der Waals surface area contributed by atoms with Gasteiger partial charge in [-0.15, -0.1) is 0 Å². The zero-order chi connectivity index (χ0) is 26.3. The van der Waals surface area contributed by atoms with Crippen molar-refractivity contribution in [2.45, 2.75) is 13.8 Å². The van der Waals surface area contributed by atoms with Gasteiger partial charge in [0, 0.05) is 29.6 Å². The highest BCUT2D eigenvalue weighted by atomic mass is 35.5. The number of aromatic hydroxyl groups is 1. The summed E-state index contributed by atoms with van der Waals surface area (Å²) < 4.78 is 5.83. The number of phenolic OH excluding ortho intramolecular Hbond substituents is 1. The van der Waals surface area contributed by atoms with Crippen molar-refractivity contribution >= 4 is 40.4 Å². The number of nitrogens with zero attached hydrogens (tertiary/aromatic N) is 2. The molecule has 0 aromatic heterocycles. The quantitative estimate of drug-likeness (QED) is 0.282. The monoisotopic (exact) mass is 510 g/mol. The Kier molecular flexibility index (Phi) is 8.90. The largest absolute Gasteiger partial charge is 0.506 e. The zero-order valence-corrected chi connectivity index (χ0v) is 21.6. The molecule has 3 aromatic carbocycles. The number of ether oxygens (including phenoxy) is 1. The predicted octanol–water partition coefficient (Wildman–Crippen LogP) is 4.05. The fourth-order valence-electron chi connectivity index (χ4n) is 3.85. The molecule has 0 aliphatic carbocycles. The first-order valence-corrected chi connectivity index (χ1v) is 11.8. The standard InChI is InChI=1S/C27H31ClN4O4/c1-27(2,17-32(3)4)16-29-25(34)15-36-24-12-10-19(20-7-5-6-8-21(20)24)14-30-31-26(35)18-9-11-23(33)22(28)13-18/h5-14,33H,15-17H2,1-4H3,(H,29,34)(H,31,35). The molecule has 0 saturated carbocycles. The van der Waals surface area contributed by atoms with Crippen molar-refractivity contribution in [3.05, 3.63) is 70.7 Å². The molecule has 9 heteroatoms. The van der Waals surface area contributed by atoms with E-state index >= 15 is 0 Å². The normalized spacial score (nSPS) is 11.7. The van der Waals surface area contributed by atoms with Gasteiger partial charge in [0.2, 0.25) is 0 Å². The van der Waals surface area contributed by atoms with Crippen LogP contribution in [0.25, 0.3) is 10.8 Å². The highest BCUT2D eigenvalue weighted by Gasteiger charge is 2.20. The lowest BCUT2D eigenvalue weighted by Gasteiger charge is -2.28. The van der Waals surface area contributed by atoms with Crippen LogP contribution in [0, 0.1) is 5.41 Å². The Morgan fingerprint density at radius 3 is 2.53 bits per heavy atom. The third kappa shape index (κ3) is 7.44. The van der Waals surface area contributed by atoms with Crippen LogP contribution in [0.5, 0.6) is 11.5 Å². The predicted molar refractivity (Wildman–Crippen MR) is 143 cm³/mol. The van der Waals surface area contributed by atoms with Crippen molar-refractivity contribution in [2.24, 2.45) is 10.5 Å². The number of phenols is 1. The SMILES string of the molecule is CN(C)CC(C)(C)CNC(=O)COc1ccc(C=NNC(=O)c2ccc(O)c(Cl)c2)c2ccccc12. The summed E-state index contributed by atoms with van der Waals surface area (Å²) in [6, 6.07) is 15.3. The number of nitrogens with one attached hydrogen (secondary N) is 2. The molecular formula is C27H31ClN4O4. The van der Waals surface area contributed by atoms with Crippen LogP contribution in [0.3, 0.4) is 0 Å². The average molecular weight is 511 g/mol. The number of carbonyl (C=O) groups excluding carboxylic acids is 2. The van der Waals surface area contributed by atoms with Crippen molar-refractivity contribution in [3.63, 3.8) is 0 Å². The second-order valence-corrected chi connectivity index (χ2v) is 9.94. The van der Waals surface area contributed by atoms with Crippen LogP contribution in [0.2, 0.25) is 5.02 Å². The van der Waals surface area contributed by atoms with Gasteiger partial charge in [0.05, 0.1) is 11.2 Å². The van der Waals surface area contributed by atoms with Crippen molar-refractivity contribution in [2.75, 3.05) is 33.8 Å². The Morgan fingerprint density at radius 1 is 1.11 bits per heavy atom. The van der Waals surface area contributed by atoms with E-state index in [0.29, 0.717) is 12.3 Å². The van der Waals surface area contributed by atoms with E-state index < -0.39 is 5.91 Å². The summed E-state index contributed by atoms with van der Waals surface area (Å²) >= 11 is 5.86. The van der Waals surface area contributed by atoms with E-state index in [1.807, 2.05) is 44.4 Å². The van der Waals surface area contributed by atoms with Crippen LogP contribution in [-0.4, -0.2) is 61.8 Å². The number of carbonyl (C=O) groups is 2. The van der Waals surface area contributed by atoms with Gasteiger partial charge in [0.15, 0.2) is 6.61 Å². The molecule has 0 saturated heterocycles. The van der Waals surface area contributed by atoms with Crippen LogP contribution in [0.4, 0.5) is 0 Å². The van der Waals surface area contributed by atoms with Gasteiger partial charge in [-0.3, -0.25) is 9.59 Å². The molecule has 3 aromatic rings. The van der Waals surface area contributed by atoms with E-state index in [4.69, 9.17) is 16.3 Å². The number of halogens is 1. The molecule has 0 unspecified atom stereocenters. The third-order valence-corrected chi connectivity index (χ3v) is 5.67. The van der Waals surface area contributed by atoms with Gasteiger partial charge in [-0.2, -0.15) is 5.10 Å². The van der Waals surface area contributed by atoms with Crippen LogP contribution < -0.4 is 15.5 Å². The number of hydrogen-bond donors (Lipinski definition) is 3. The Balaban J connectivity index is 1.65. The van der Waals surface area contributed by atoms with E-state index in [0.717, 1.165) is 22.9 Å². The maximum atomic E-state index is 12.4. The maximum absolute atomic E-state index is 12.4. The summed E-state index contributed by atoms with van der Waals surface area (Å²) in [6.07, 6.45) is 1.53. The number of hydrogen-bond acceptors (Lipinski definition) is 6. The van der Waals surface area contributed by atoms with Crippen molar-refractivity contribution in [1.82, 2.24) is 15.6 Å². The first kappa shape index (κ1) is 27.0. The molecule has 3 rings (SSSR count). The molecular weight excluding hydrogens is 480 g/mol. The van der Waals surface area contributed by atoms with E-state index in [2.05, 4.69) is 34.6 Å². The first-order chi connectivity index (χ1) is 17.1. The minimum atomic E-state index is -0.461. The maximum Gasteiger partial charge on any atom is 0.271 e. The van der Waals surface area contributed by atoms with Gasteiger partial charge in [0.1, 0.15) is 11.5 Å². The number of fused-ring (bicyclic) bond motifs is 1. The molecule has 36 heavy (non-hydrogen) atoms. The van der Waals surface area contributed by atoms with Crippen molar-refractivity contribution < 1.29 is 19.4 Å². The number of amides is 2. The fourth-order valence-corrected chi connectivity index (χ4v) is 4.03. The highest BCUT2D eigenvalue weighted by molar-refractivity contribution is 6.32. The van der Waals surface area contributed by atoms with Crippen LogP contribution >= 0.6 is 11.6 Å². The molecule has 8 nitrogen and oxygen atoms in total. The second-order valence-electron chi connectivity index (χ2n) is 9.53. The Hall–Kier alpha value is -3.62. The molecule has 0 radical (unpaired) electrons. The van der Waals surface area contributed by atoms with Crippen molar-refractivity contribution in [1.29, 1.82) is 0 Å². The minimum absolute atomic E-state index is 0.0587. The average Bonchev–Trinajstić information content (AvgIpc) is 2.83. The third-order valence-electron chi connectivity index (χ3n) is 5.36. The van der Waals surface area contributed by atoms with Crippen molar-refractivity contribution in [3.8, 4) is 11.5 Å². The number of hydrazone groups is 1. The molecule has 0 atom stereocenters. The molecule has 2 amide bonds. The second kappa shape index (κ2) is 11.9. The lowest BCUT2D eigenvalue weighted by atomic mass is 9.93. The zero-order valence-electron chi connectivity index (χ0n) is 20.8. The van der Waals surface area contributed by atoms with E-state index in [9.17, 15) is 14.7 Å². The molecule has 0 heterocycles. The van der Waals surface area contributed by atoms with E-state index in [1.165, 1.54) is 24.4 Å². The lowest BCUT2D eigenvalue weighted by Crippen LogP contribution is -2.41. The van der Waals surface area contributed by atoms with E-state index in [-0.39, 0.29) is 34.3 Å². The molecule has 0 fully saturated rings. The molecule has 3 N–H and O–H groups in total. The van der Waals surface area contributed by atoms with Crippen LogP contribution in [0.1, 0.15) is 29.8 Å².